The summed E-state index contributed by atoms with van der Waals surface area (Å²) in [7, 11) is 0. The molecule has 7 heteroatoms. The third-order valence-electron chi connectivity index (χ3n) is 3.60. The molecule has 2 aliphatic heterocycles. The van der Waals surface area contributed by atoms with Gasteiger partial charge in [-0.3, -0.25) is 9.69 Å². The second-order valence-corrected chi connectivity index (χ2v) is 5.88. The molecule has 0 radical (unpaired) electrons. The number of hydrogen-bond acceptors (Lipinski definition) is 6. The highest BCUT2D eigenvalue weighted by Gasteiger charge is 2.26. The minimum absolute atomic E-state index is 0.00115. The van der Waals surface area contributed by atoms with Crippen LogP contribution in [0.1, 0.15) is 11.1 Å². The summed E-state index contributed by atoms with van der Waals surface area (Å²) in [6.45, 7) is 5.37. The van der Waals surface area contributed by atoms with Crippen LogP contribution in [0, 0.1) is 0 Å². The highest BCUT2D eigenvalue weighted by molar-refractivity contribution is 7.09. The first-order chi connectivity index (χ1) is 9.83. The van der Waals surface area contributed by atoms with Crippen LogP contribution in [0.3, 0.4) is 0 Å². The van der Waals surface area contributed by atoms with Gasteiger partial charge in [-0.05, 0) is 0 Å². The number of hydrogen-bond donors (Lipinski definition) is 0. The number of nitrogens with zero attached hydrogens (tertiary/aromatic N) is 3. The minimum atomic E-state index is 0.00115. The summed E-state index contributed by atoms with van der Waals surface area (Å²) in [6, 6.07) is 0. The molecule has 1 atom stereocenters. The number of ether oxygens (including phenoxy) is 2. The Morgan fingerprint density at radius 1 is 1.35 bits per heavy atom. The molecule has 0 spiro atoms. The molecule has 0 aromatic carbocycles. The van der Waals surface area contributed by atoms with Gasteiger partial charge in [0.2, 0.25) is 5.91 Å². The Hall–Kier alpha value is -1.02. The lowest BCUT2D eigenvalue weighted by Gasteiger charge is -2.34. The number of amides is 1. The SMILES string of the molecule is O=C(CN1CCO[C@H](c2nccs2)C1)N1CCOCC1. The maximum atomic E-state index is 12.2. The predicted octanol–water partition coefficient (Wildman–Crippen LogP) is 0.375. The van der Waals surface area contributed by atoms with Crippen LogP contribution in [0.2, 0.25) is 0 Å². The molecule has 0 bridgehead atoms. The fraction of sp³-hybridized carbons (Fsp3) is 0.692. The molecule has 2 aliphatic rings. The summed E-state index contributed by atoms with van der Waals surface area (Å²) in [5.74, 6) is 0.188. The monoisotopic (exact) mass is 297 g/mol. The van der Waals surface area contributed by atoms with Gasteiger partial charge < -0.3 is 14.4 Å². The van der Waals surface area contributed by atoms with E-state index in [0.29, 0.717) is 39.5 Å². The van der Waals surface area contributed by atoms with Crippen LogP contribution in [0.25, 0.3) is 0 Å². The van der Waals surface area contributed by atoms with Crippen molar-refractivity contribution < 1.29 is 14.3 Å². The maximum Gasteiger partial charge on any atom is 0.236 e. The number of thiazole rings is 1. The smallest absolute Gasteiger partial charge is 0.236 e. The first-order valence-electron chi connectivity index (χ1n) is 6.92. The molecule has 0 N–H and O–H groups in total. The second kappa shape index (κ2) is 6.62. The molecule has 6 nitrogen and oxygen atoms in total. The topological polar surface area (TPSA) is 54.9 Å². The van der Waals surface area contributed by atoms with Gasteiger partial charge >= 0.3 is 0 Å². The van der Waals surface area contributed by atoms with Crippen LogP contribution >= 0.6 is 11.3 Å². The van der Waals surface area contributed by atoms with E-state index in [-0.39, 0.29) is 12.0 Å². The molecular formula is C13H19N3O3S. The first kappa shape index (κ1) is 13.9. The fourth-order valence-electron chi connectivity index (χ4n) is 2.49. The summed E-state index contributed by atoms with van der Waals surface area (Å²) >= 11 is 1.60. The zero-order valence-electron chi connectivity index (χ0n) is 11.4. The maximum absolute atomic E-state index is 12.2. The van der Waals surface area contributed by atoms with Crippen molar-refractivity contribution in [1.29, 1.82) is 0 Å². The van der Waals surface area contributed by atoms with Gasteiger partial charge in [0.05, 0.1) is 26.4 Å². The lowest BCUT2D eigenvalue weighted by atomic mass is 10.2. The third kappa shape index (κ3) is 3.35. The Kier molecular flexibility index (Phi) is 4.62. The van der Waals surface area contributed by atoms with Gasteiger partial charge in [0.1, 0.15) is 11.1 Å². The van der Waals surface area contributed by atoms with Crippen molar-refractivity contribution in [3.63, 3.8) is 0 Å². The van der Waals surface area contributed by atoms with E-state index in [1.165, 1.54) is 0 Å². The Labute approximate surface area is 122 Å². The van der Waals surface area contributed by atoms with E-state index in [1.54, 1.807) is 17.5 Å². The first-order valence-corrected chi connectivity index (χ1v) is 7.80. The highest BCUT2D eigenvalue weighted by Crippen LogP contribution is 2.23. The van der Waals surface area contributed by atoms with Gasteiger partial charge in [0, 0.05) is 37.8 Å². The molecule has 2 saturated heterocycles. The molecule has 3 heterocycles. The fourth-order valence-corrected chi connectivity index (χ4v) is 3.17. The van der Waals surface area contributed by atoms with E-state index in [1.807, 2.05) is 10.3 Å². The third-order valence-corrected chi connectivity index (χ3v) is 4.47. The number of aromatic nitrogens is 1. The lowest BCUT2D eigenvalue weighted by molar-refractivity contribution is -0.138. The van der Waals surface area contributed by atoms with Crippen LogP contribution in [0.15, 0.2) is 11.6 Å². The number of rotatable bonds is 3. The van der Waals surface area contributed by atoms with E-state index in [2.05, 4.69) is 9.88 Å². The number of morpholine rings is 2. The number of carbonyl (C=O) groups is 1. The van der Waals surface area contributed by atoms with Crippen molar-refractivity contribution in [2.24, 2.45) is 0 Å². The van der Waals surface area contributed by atoms with Crippen LogP contribution in [0.4, 0.5) is 0 Å². The predicted molar refractivity (Wildman–Crippen MR) is 74.6 cm³/mol. The van der Waals surface area contributed by atoms with Crippen molar-refractivity contribution >= 4 is 17.2 Å². The molecule has 20 heavy (non-hydrogen) atoms. The second-order valence-electron chi connectivity index (χ2n) is 4.96. The highest BCUT2D eigenvalue weighted by atomic mass is 32.1. The van der Waals surface area contributed by atoms with Crippen molar-refractivity contribution in [2.45, 2.75) is 6.10 Å². The minimum Gasteiger partial charge on any atom is -0.378 e. The van der Waals surface area contributed by atoms with Gasteiger partial charge in [-0.1, -0.05) is 0 Å². The van der Waals surface area contributed by atoms with Crippen molar-refractivity contribution in [1.82, 2.24) is 14.8 Å². The van der Waals surface area contributed by atoms with Gasteiger partial charge in [0.15, 0.2) is 0 Å². The van der Waals surface area contributed by atoms with E-state index >= 15 is 0 Å². The molecule has 0 aliphatic carbocycles. The largest absolute Gasteiger partial charge is 0.378 e. The lowest BCUT2D eigenvalue weighted by Crippen LogP contribution is -2.48. The summed E-state index contributed by atoms with van der Waals surface area (Å²) in [6.07, 6.45) is 1.79. The van der Waals surface area contributed by atoms with Gasteiger partial charge in [-0.25, -0.2) is 4.98 Å². The molecule has 2 fully saturated rings. The molecule has 1 aromatic heterocycles. The molecule has 0 saturated carbocycles. The molecule has 3 rings (SSSR count). The van der Waals surface area contributed by atoms with Crippen LogP contribution in [-0.2, 0) is 14.3 Å². The Balaban J connectivity index is 1.53. The zero-order valence-corrected chi connectivity index (χ0v) is 12.2. The zero-order chi connectivity index (χ0) is 13.8. The average Bonchev–Trinajstić information content (AvgIpc) is 3.03. The van der Waals surface area contributed by atoms with Crippen LogP contribution in [-0.4, -0.2) is 73.2 Å². The van der Waals surface area contributed by atoms with Gasteiger partial charge in [0.25, 0.3) is 0 Å². The van der Waals surface area contributed by atoms with E-state index in [9.17, 15) is 4.79 Å². The Bertz CT molecular complexity index is 434. The molecular weight excluding hydrogens is 278 g/mol. The van der Waals surface area contributed by atoms with Crippen molar-refractivity contribution in [3.05, 3.63) is 16.6 Å². The van der Waals surface area contributed by atoms with E-state index in [0.717, 1.165) is 18.1 Å². The van der Waals surface area contributed by atoms with Crippen molar-refractivity contribution in [2.75, 3.05) is 52.5 Å². The number of carbonyl (C=O) groups excluding carboxylic acids is 1. The Morgan fingerprint density at radius 3 is 2.95 bits per heavy atom. The quantitative estimate of drug-likeness (QED) is 0.807. The summed E-state index contributed by atoms with van der Waals surface area (Å²) < 4.78 is 11.0. The van der Waals surface area contributed by atoms with E-state index < -0.39 is 0 Å². The van der Waals surface area contributed by atoms with Crippen molar-refractivity contribution in [3.8, 4) is 0 Å². The molecule has 1 aromatic rings. The summed E-state index contributed by atoms with van der Waals surface area (Å²) in [5, 5.41) is 2.95. The van der Waals surface area contributed by atoms with Gasteiger partial charge in [-0.15, -0.1) is 11.3 Å². The normalized spacial score (nSPS) is 24.8. The molecule has 110 valence electrons. The van der Waals surface area contributed by atoms with Crippen LogP contribution in [0.5, 0.6) is 0 Å². The van der Waals surface area contributed by atoms with E-state index in [4.69, 9.17) is 9.47 Å². The average molecular weight is 297 g/mol. The molecule has 1 amide bonds. The molecule has 0 unspecified atom stereocenters. The van der Waals surface area contributed by atoms with Crippen LogP contribution < -0.4 is 0 Å². The standard InChI is InChI=1S/C13H19N3O3S/c17-12(16-3-5-18-6-4-16)10-15-2-7-19-11(9-15)13-14-1-8-20-13/h1,8,11H,2-7,9-10H2/t11-/m0/s1. The Morgan fingerprint density at radius 2 is 2.20 bits per heavy atom. The summed E-state index contributed by atoms with van der Waals surface area (Å²) in [5.41, 5.74) is 0. The van der Waals surface area contributed by atoms with Gasteiger partial charge in [-0.2, -0.15) is 0 Å². The summed E-state index contributed by atoms with van der Waals surface area (Å²) in [4.78, 5) is 20.6.